The highest BCUT2D eigenvalue weighted by atomic mass is 79.9. The van der Waals surface area contributed by atoms with E-state index in [2.05, 4.69) is 36.4 Å². The van der Waals surface area contributed by atoms with Gasteiger partial charge in [-0.05, 0) is 48.3 Å². The number of pyridine rings is 1. The number of anilines is 1. The summed E-state index contributed by atoms with van der Waals surface area (Å²) in [6, 6.07) is 0.515. The molecule has 3 N–H and O–H groups in total. The van der Waals surface area contributed by atoms with Gasteiger partial charge in [0.05, 0.1) is 27.7 Å². The summed E-state index contributed by atoms with van der Waals surface area (Å²) in [5.74, 6) is -1.27. The minimum atomic E-state index is -2.83. The van der Waals surface area contributed by atoms with Crippen LogP contribution in [0.4, 0.5) is 14.5 Å². The van der Waals surface area contributed by atoms with Gasteiger partial charge in [0.2, 0.25) is 5.91 Å². The van der Waals surface area contributed by atoms with Crippen molar-refractivity contribution in [3.63, 3.8) is 0 Å². The molecule has 1 unspecified atom stereocenters. The Hall–Kier alpha value is -3.19. The molecule has 0 aromatic carbocycles. The molecular weight excluding hydrogens is 532 g/mol. The minimum absolute atomic E-state index is 0.00984. The number of carbonyl (C=O) groups is 2. The number of primary amides is 1. The monoisotopic (exact) mass is 551 g/mol. The fraction of sp³-hybridized carbons (Fsp3) is 0.286. The van der Waals surface area contributed by atoms with Crippen molar-refractivity contribution < 1.29 is 18.4 Å². The number of hydrogen-bond acceptors (Lipinski definition) is 6. The van der Waals surface area contributed by atoms with E-state index in [4.69, 9.17) is 5.73 Å². The molecule has 34 heavy (non-hydrogen) atoms. The molecule has 0 aliphatic rings. The summed E-state index contributed by atoms with van der Waals surface area (Å²) < 4.78 is 31.1. The number of fused-ring (bicyclic) bond motifs is 1. The number of halogens is 3. The highest BCUT2D eigenvalue weighted by Crippen LogP contribution is 2.43. The molecule has 9 nitrogen and oxygen atoms in total. The van der Waals surface area contributed by atoms with Crippen LogP contribution in [0.5, 0.6) is 0 Å². The van der Waals surface area contributed by atoms with Gasteiger partial charge in [-0.2, -0.15) is 10.2 Å². The van der Waals surface area contributed by atoms with Crippen molar-refractivity contribution in [3.05, 3.63) is 44.9 Å². The third-order valence-corrected chi connectivity index (χ3v) is 7.29. The van der Waals surface area contributed by atoms with Gasteiger partial charge in [-0.1, -0.05) is 0 Å². The molecule has 0 radical (unpaired) electrons. The van der Waals surface area contributed by atoms with E-state index in [0.717, 1.165) is 21.5 Å². The molecule has 4 aromatic heterocycles. The number of amides is 2. The normalized spacial score (nSPS) is 12.5. The molecule has 4 rings (SSSR count). The van der Waals surface area contributed by atoms with Gasteiger partial charge in [-0.15, -0.1) is 11.3 Å². The molecule has 0 saturated carbocycles. The first-order valence-electron chi connectivity index (χ1n) is 10.1. The lowest BCUT2D eigenvalue weighted by atomic mass is 10.0. The zero-order valence-electron chi connectivity index (χ0n) is 18.6. The summed E-state index contributed by atoms with van der Waals surface area (Å²) in [4.78, 5) is 29.7. The molecule has 0 fully saturated rings. The Bertz CT molecular complexity index is 1440. The first-order valence-corrected chi connectivity index (χ1v) is 11.7. The van der Waals surface area contributed by atoms with Gasteiger partial charge >= 0.3 is 0 Å². The largest absolute Gasteiger partial charge is 0.365 e. The lowest BCUT2D eigenvalue weighted by molar-refractivity contribution is -0.119. The van der Waals surface area contributed by atoms with Crippen LogP contribution in [0.25, 0.3) is 21.3 Å². The molecule has 178 valence electrons. The maximum Gasteiger partial charge on any atom is 0.280 e. The Morgan fingerprint density at radius 2 is 1.97 bits per heavy atom. The molecule has 1 atom stereocenters. The SMILES string of the molecule is Cc1nn(C)cc1-c1cc(C(F)F)nc2sc(C(N)=O)c(NC(=O)C(C)n3ncc(Br)c3C)c12. The average Bonchev–Trinajstić information content (AvgIpc) is 3.42. The second-order valence-electron chi connectivity index (χ2n) is 7.74. The quantitative estimate of drug-likeness (QED) is 0.365. The van der Waals surface area contributed by atoms with E-state index in [1.165, 1.54) is 10.7 Å². The lowest BCUT2D eigenvalue weighted by Crippen LogP contribution is -2.26. The van der Waals surface area contributed by atoms with Crippen LogP contribution in [0.1, 0.15) is 46.1 Å². The Morgan fingerprint density at radius 3 is 2.50 bits per heavy atom. The number of hydrogen-bond donors (Lipinski definition) is 2. The van der Waals surface area contributed by atoms with Crippen LogP contribution < -0.4 is 11.1 Å². The Labute approximate surface area is 205 Å². The van der Waals surface area contributed by atoms with Crippen LogP contribution in [0.3, 0.4) is 0 Å². The van der Waals surface area contributed by atoms with Crippen molar-refractivity contribution in [1.29, 1.82) is 0 Å². The van der Waals surface area contributed by atoms with Crippen molar-refractivity contribution in [1.82, 2.24) is 24.5 Å². The number of aromatic nitrogens is 5. The van der Waals surface area contributed by atoms with Crippen molar-refractivity contribution in [2.75, 3.05) is 5.32 Å². The molecule has 0 spiro atoms. The molecule has 0 bridgehead atoms. The summed E-state index contributed by atoms with van der Waals surface area (Å²) in [6.45, 7) is 5.19. The number of nitrogens with two attached hydrogens (primary N) is 1. The van der Waals surface area contributed by atoms with Gasteiger partial charge in [0.15, 0.2) is 0 Å². The van der Waals surface area contributed by atoms with E-state index < -0.39 is 30.0 Å². The molecule has 0 aliphatic carbocycles. The highest BCUT2D eigenvalue weighted by molar-refractivity contribution is 9.10. The maximum absolute atomic E-state index is 13.7. The number of aryl methyl sites for hydroxylation is 2. The molecule has 4 aromatic rings. The zero-order chi connectivity index (χ0) is 24.9. The third kappa shape index (κ3) is 4.09. The Balaban J connectivity index is 1.92. The van der Waals surface area contributed by atoms with Crippen molar-refractivity contribution in [2.45, 2.75) is 33.2 Å². The molecule has 0 aliphatic heterocycles. The summed E-state index contributed by atoms with van der Waals surface area (Å²) in [7, 11) is 1.71. The Morgan fingerprint density at radius 1 is 1.26 bits per heavy atom. The van der Waals surface area contributed by atoms with Gasteiger partial charge in [-0.3, -0.25) is 19.0 Å². The van der Waals surface area contributed by atoms with Crippen LogP contribution in [-0.4, -0.2) is 36.4 Å². The summed E-state index contributed by atoms with van der Waals surface area (Å²) in [5, 5.41) is 11.6. The van der Waals surface area contributed by atoms with Crippen LogP contribution in [0, 0.1) is 13.8 Å². The van der Waals surface area contributed by atoms with Gasteiger partial charge in [0.25, 0.3) is 12.3 Å². The summed E-state index contributed by atoms with van der Waals surface area (Å²) in [6.07, 6.45) is 0.422. The second-order valence-corrected chi connectivity index (χ2v) is 9.59. The van der Waals surface area contributed by atoms with Gasteiger partial charge < -0.3 is 11.1 Å². The van der Waals surface area contributed by atoms with E-state index in [1.807, 2.05) is 0 Å². The van der Waals surface area contributed by atoms with Crippen LogP contribution in [-0.2, 0) is 11.8 Å². The van der Waals surface area contributed by atoms with E-state index in [9.17, 15) is 18.4 Å². The first-order chi connectivity index (χ1) is 16.0. The van der Waals surface area contributed by atoms with Gasteiger partial charge in [0.1, 0.15) is 21.4 Å². The van der Waals surface area contributed by atoms with Crippen molar-refractivity contribution >= 4 is 55.0 Å². The zero-order valence-corrected chi connectivity index (χ0v) is 21.0. The topological polar surface area (TPSA) is 121 Å². The minimum Gasteiger partial charge on any atom is -0.365 e. The van der Waals surface area contributed by atoms with Crippen LogP contribution in [0.2, 0.25) is 0 Å². The number of nitrogens with one attached hydrogen (secondary N) is 1. The summed E-state index contributed by atoms with van der Waals surface area (Å²) >= 11 is 4.22. The maximum atomic E-state index is 13.7. The smallest absolute Gasteiger partial charge is 0.280 e. The fourth-order valence-corrected chi connectivity index (χ4v) is 5.02. The summed E-state index contributed by atoms with van der Waals surface area (Å²) in [5.41, 5.74) is 7.53. The number of alkyl halides is 2. The first kappa shape index (κ1) is 24.0. The van der Waals surface area contributed by atoms with Crippen molar-refractivity contribution in [3.8, 4) is 11.1 Å². The number of nitrogens with zero attached hydrogens (tertiary/aromatic N) is 5. The highest BCUT2D eigenvalue weighted by Gasteiger charge is 2.28. The number of thiophene rings is 1. The predicted molar refractivity (Wildman–Crippen MR) is 128 cm³/mol. The molecule has 0 saturated heterocycles. The molecule has 4 heterocycles. The van der Waals surface area contributed by atoms with Gasteiger partial charge in [0, 0.05) is 24.2 Å². The third-order valence-electron chi connectivity index (χ3n) is 5.41. The van der Waals surface area contributed by atoms with Crippen LogP contribution in [0.15, 0.2) is 22.9 Å². The molecular formula is C21H20BrF2N7O2S. The number of carbonyl (C=O) groups excluding carboxylic acids is 2. The molecule has 2 amide bonds. The molecule has 13 heteroatoms. The Kier molecular flexibility index (Phi) is 6.25. The van der Waals surface area contributed by atoms with E-state index in [0.29, 0.717) is 22.2 Å². The van der Waals surface area contributed by atoms with E-state index >= 15 is 0 Å². The van der Waals surface area contributed by atoms with Crippen LogP contribution >= 0.6 is 27.3 Å². The lowest BCUT2D eigenvalue weighted by Gasteiger charge is -2.16. The van der Waals surface area contributed by atoms with E-state index in [1.54, 1.807) is 44.9 Å². The number of rotatable bonds is 6. The second kappa shape index (κ2) is 8.87. The standard InChI is InChI=1S/C21H20BrF2N7O2S/c1-8-12(7-30(4)29-8)11-5-14(18(23)24)27-21-15(11)16(17(34-21)19(25)32)28-20(33)10(3)31-9(2)13(22)6-26-31/h5-7,10,18H,1-4H3,(H2,25,32)(H,28,33). The fourth-order valence-electron chi connectivity index (χ4n) is 3.73. The van der Waals surface area contributed by atoms with E-state index in [-0.39, 0.29) is 15.4 Å². The predicted octanol–water partition coefficient (Wildman–Crippen LogP) is 4.51. The van der Waals surface area contributed by atoms with Gasteiger partial charge in [-0.25, -0.2) is 13.8 Å². The van der Waals surface area contributed by atoms with Crippen molar-refractivity contribution in [2.24, 2.45) is 12.8 Å². The average molecular weight is 552 g/mol.